The van der Waals surface area contributed by atoms with Gasteiger partial charge in [0.2, 0.25) is 6.29 Å². The molecular formula is C27H30O14. The van der Waals surface area contributed by atoms with Gasteiger partial charge in [-0.3, -0.25) is 4.79 Å². The number of aliphatic hydroxyl groups excluding tert-OH is 5. The van der Waals surface area contributed by atoms with Gasteiger partial charge in [0.15, 0.2) is 11.7 Å². The average molecular weight is 579 g/mol. The maximum atomic E-state index is 12.8. The Morgan fingerprint density at radius 1 is 0.976 bits per heavy atom. The van der Waals surface area contributed by atoms with Crippen molar-refractivity contribution < 1.29 is 63.8 Å². The molecule has 3 heterocycles. The minimum atomic E-state index is -1.93. The Bertz CT molecular complexity index is 1420. The van der Waals surface area contributed by atoms with Gasteiger partial charge in [0.05, 0.1) is 26.9 Å². The predicted molar refractivity (Wildman–Crippen MR) is 137 cm³/mol. The molecule has 14 nitrogen and oxygen atoms in total. The van der Waals surface area contributed by atoms with Crippen LogP contribution in [0.4, 0.5) is 0 Å². The summed E-state index contributed by atoms with van der Waals surface area (Å²) in [7, 11) is 1.52. The van der Waals surface area contributed by atoms with Gasteiger partial charge in [-0.05, 0) is 24.3 Å². The molecule has 0 aliphatic carbocycles. The fraction of sp³-hybridized carbons (Fsp3) is 0.444. The maximum absolute atomic E-state index is 12.8. The third-order valence-corrected chi connectivity index (χ3v) is 7.08. The SMILES string of the molecule is COc1ccc(-c2cc(=O)c3c(O)cc(OC4OC(COC5OCC(O)(CO)C5O)C(O)C(O)C4O)cc3o2)cc1. The maximum Gasteiger partial charge on any atom is 0.229 e. The lowest BCUT2D eigenvalue weighted by molar-refractivity contribution is -0.289. The standard InChI is InChI=1S/C27H30O14/c1-36-13-4-2-12(3-5-13)17-8-16(30)20-15(29)6-14(7-18(20)40-17)39-25-23(33)22(32)21(31)19(41-25)9-37-26-24(34)27(35,10-28)11-38-26/h2-8,19,21-26,28-29,31-35H,9-11H2,1H3. The van der Waals surface area contributed by atoms with Crippen molar-refractivity contribution in [2.75, 3.05) is 26.9 Å². The largest absolute Gasteiger partial charge is 0.507 e. The molecule has 0 radical (unpaired) electrons. The highest BCUT2D eigenvalue weighted by Gasteiger charge is 2.50. The minimum absolute atomic E-state index is 0.0344. The van der Waals surface area contributed by atoms with E-state index < -0.39 is 79.7 Å². The summed E-state index contributed by atoms with van der Waals surface area (Å²) in [6, 6.07) is 10.4. The summed E-state index contributed by atoms with van der Waals surface area (Å²) >= 11 is 0. The number of phenolic OH excluding ortho intramolecular Hbond substituents is 1. The second-order valence-corrected chi connectivity index (χ2v) is 9.87. The van der Waals surface area contributed by atoms with Gasteiger partial charge < -0.3 is 63.8 Å². The molecule has 41 heavy (non-hydrogen) atoms. The molecule has 2 saturated heterocycles. The molecule has 3 aromatic rings. The lowest BCUT2D eigenvalue weighted by atomic mass is 9.99. The van der Waals surface area contributed by atoms with E-state index in [-0.39, 0.29) is 22.5 Å². The molecule has 8 atom stereocenters. The van der Waals surface area contributed by atoms with Crippen LogP contribution in [-0.4, -0.2) is 111 Å². The van der Waals surface area contributed by atoms with E-state index in [9.17, 15) is 40.5 Å². The zero-order chi connectivity index (χ0) is 29.5. The third kappa shape index (κ3) is 5.61. The minimum Gasteiger partial charge on any atom is -0.507 e. The van der Waals surface area contributed by atoms with Gasteiger partial charge in [-0.25, -0.2) is 0 Å². The average Bonchev–Trinajstić information content (AvgIpc) is 3.25. The third-order valence-electron chi connectivity index (χ3n) is 7.08. The Hall–Kier alpha value is -3.31. The van der Waals surface area contributed by atoms with Crippen LogP contribution in [0.2, 0.25) is 0 Å². The van der Waals surface area contributed by atoms with Crippen LogP contribution >= 0.6 is 0 Å². The molecule has 2 aliphatic heterocycles. The summed E-state index contributed by atoms with van der Waals surface area (Å²) in [5.74, 6) is 0.239. The number of aromatic hydroxyl groups is 1. The van der Waals surface area contributed by atoms with Crippen LogP contribution in [0.25, 0.3) is 22.3 Å². The molecule has 0 spiro atoms. The monoisotopic (exact) mass is 578 g/mol. The van der Waals surface area contributed by atoms with Crippen molar-refractivity contribution in [1.29, 1.82) is 0 Å². The van der Waals surface area contributed by atoms with Crippen molar-refractivity contribution in [3.05, 3.63) is 52.7 Å². The molecule has 5 rings (SSSR count). The van der Waals surface area contributed by atoms with Crippen LogP contribution in [0.15, 0.2) is 51.7 Å². The Kier molecular flexibility index (Phi) is 8.20. The number of hydrogen-bond donors (Lipinski definition) is 7. The van der Waals surface area contributed by atoms with Crippen LogP contribution in [0, 0.1) is 0 Å². The zero-order valence-electron chi connectivity index (χ0n) is 21.7. The van der Waals surface area contributed by atoms with Gasteiger partial charge in [-0.1, -0.05) is 0 Å². The van der Waals surface area contributed by atoms with E-state index in [2.05, 4.69) is 0 Å². The van der Waals surface area contributed by atoms with Gasteiger partial charge in [-0.2, -0.15) is 0 Å². The first kappa shape index (κ1) is 29.2. The van der Waals surface area contributed by atoms with Crippen LogP contribution < -0.4 is 14.9 Å². The van der Waals surface area contributed by atoms with Crippen molar-refractivity contribution in [3.8, 4) is 28.6 Å². The van der Waals surface area contributed by atoms with Gasteiger partial charge in [0.1, 0.15) is 70.1 Å². The van der Waals surface area contributed by atoms with Gasteiger partial charge in [0.25, 0.3) is 0 Å². The number of methoxy groups -OCH3 is 1. The van der Waals surface area contributed by atoms with E-state index in [0.29, 0.717) is 11.3 Å². The summed E-state index contributed by atoms with van der Waals surface area (Å²) in [6.07, 6.45) is -11.0. The highest BCUT2D eigenvalue weighted by atomic mass is 16.7. The number of aliphatic hydroxyl groups is 6. The number of benzene rings is 2. The van der Waals surface area contributed by atoms with Crippen LogP contribution in [-0.2, 0) is 14.2 Å². The predicted octanol–water partition coefficient (Wildman–Crippen LogP) is -1.18. The number of fused-ring (bicyclic) bond motifs is 1. The number of phenols is 1. The van der Waals surface area contributed by atoms with Gasteiger partial charge in [-0.15, -0.1) is 0 Å². The first-order valence-corrected chi connectivity index (χ1v) is 12.6. The van der Waals surface area contributed by atoms with Crippen molar-refractivity contribution >= 4 is 11.0 Å². The molecule has 0 saturated carbocycles. The Balaban J connectivity index is 1.35. The number of hydrogen-bond acceptors (Lipinski definition) is 14. The summed E-state index contributed by atoms with van der Waals surface area (Å²) in [6.45, 7) is -1.66. The van der Waals surface area contributed by atoms with Crippen LogP contribution in [0.3, 0.4) is 0 Å². The van der Waals surface area contributed by atoms with E-state index in [1.54, 1.807) is 24.3 Å². The normalized spacial score (nSPS) is 31.8. The van der Waals surface area contributed by atoms with E-state index in [0.717, 1.165) is 6.07 Å². The van der Waals surface area contributed by atoms with E-state index in [4.69, 9.17) is 28.1 Å². The second-order valence-electron chi connectivity index (χ2n) is 9.87. The highest BCUT2D eigenvalue weighted by molar-refractivity contribution is 5.86. The van der Waals surface area contributed by atoms with Gasteiger partial charge in [0, 0.05) is 23.8 Å². The fourth-order valence-corrected chi connectivity index (χ4v) is 4.62. The van der Waals surface area contributed by atoms with Crippen molar-refractivity contribution in [2.24, 2.45) is 0 Å². The summed E-state index contributed by atoms with van der Waals surface area (Å²) in [5, 5.41) is 71.3. The van der Waals surface area contributed by atoms with E-state index in [1.807, 2.05) is 0 Å². The first-order valence-electron chi connectivity index (χ1n) is 12.6. The molecule has 222 valence electrons. The summed E-state index contributed by atoms with van der Waals surface area (Å²) in [4.78, 5) is 12.8. The molecule has 1 aromatic heterocycles. The molecule has 0 bridgehead atoms. The van der Waals surface area contributed by atoms with E-state index >= 15 is 0 Å². The molecule has 14 heteroatoms. The Morgan fingerprint density at radius 2 is 1.71 bits per heavy atom. The smallest absolute Gasteiger partial charge is 0.229 e. The topological polar surface area (TPSA) is 218 Å². The van der Waals surface area contributed by atoms with Crippen molar-refractivity contribution in [3.63, 3.8) is 0 Å². The van der Waals surface area contributed by atoms with E-state index in [1.165, 1.54) is 19.2 Å². The first-order chi connectivity index (χ1) is 19.5. The summed E-state index contributed by atoms with van der Waals surface area (Å²) in [5.41, 5.74) is -1.92. The Labute approximate surface area is 232 Å². The lowest BCUT2D eigenvalue weighted by Crippen LogP contribution is -2.60. The molecule has 2 fully saturated rings. The van der Waals surface area contributed by atoms with Crippen molar-refractivity contribution in [2.45, 2.75) is 48.7 Å². The molecule has 2 aliphatic rings. The number of ether oxygens (including phenoxy) is 5. The summed E-state index contributed by atoms with van der Waals surface area (Å²) < 4.78 is 32.8. The fourth-order valence-electron chi connectivity index (χ4n) is 4.62. The van der Waals surface area contributed by atoms with Gasteiger partial charge >= 0.3 is 0 Å². The Morgan fingerprint density at radius 3 is 2.37 bits per heavy atom. The lowest BCUT2D eigenvalue weighted by Gasteiger charge is -2.40. The molecule has 0 amide bonds. The van der Waals surface area contributed by atoms with Crippen LogP contribution in [0.1, 0.15) is 0 Å². The molecular weight excluding hydrogens is 548 g/mol. The highest BCUT2D eigenvalue weighted by Crippen LogP contribution is 2.34. The van der Waals surface area contributed by atoms with Crippen LogP contribution in [0.5, 0.6) is 17.2 Å². The molecule has 7 N–H and O–H groups in total. The molecule has 8 unspecified atom stereocenters. The quantitative estimate of drug-likeness (QED) is 0.167. The zero-order valence-corrected chi connectivity index (χ0v) is 21.7. The number of rotatable bonds is 8. The molecule has 2 aromatic carbocycles. The second kappa shape index (κ2) is 11.5. The van der Waals surface area contributed by atoms with Crippen molar-refractivity contribution in [1.82, 2.24) is 0 Å².